The Hall–Kier alpha value is -1.29. The molecule has 4 heteroatoms. The summed E-state index contributed by atoms with van der Waals surface area (Å²) in [4.78, 5) is 0. The number of nitrogen functional groups attached to an aromatic ring is 1. The van der Waals surface area contributed by atoms with Crippen molar-refractivity contribution >= 4 is 21.7 Å². The molecule has 1 aromatic carbocycles. The molecular formula is C10H9BrN2O. The van der Waals surface area contributed by atoms with Crippen molar-refractivity contribution in [3.63, 3.8) is 0 Å². The van der Waals surface area contributed by atoms with Crippen LogP contribution in [-0.2, 0) is 0 Å². The van der Waals surface area contributed by atoms with Crippen LogP contribution in [0, 0.1) is 6.92 Å². The van der Waals surface area contributed by atoms with Gasteiger partial charge in [-0.2, -0.15) is 0 Å². The van der Waals surface area contributed by atoms with Gasteiger partial charge in [-0.3, -0.25) is 0 Å². The molecule has 0 aliphatic heterocycles. The minimum Gasteiger partial charge on any atom is -0.381 e. The molecule has 0 fully saturated rings. The quantitative estimate of drug-likeness (QED) is 0.849. The zero-order valence-electron chi connectivity index (χ0n) is 7.62. The molecule has 1 heterocycles. The van der Waals surface area contributed by atoms with Gasteiger partial charge in [-0.15, -0.1) is 0 Å². The number of anilines is 1. The predicted molar refractivity (Wildman–Crippen MR) is 58.8 cm³/mol. The maximum absolute atomic E-state index is 5.61. The molecule has 3 nitrogen and oxygen atoms in total. The molecule has 2 rings (SSSR count). The average molecular weight is 253 g/mol. The predicted octanol–water partition coefficient (Wildman–Crippen LogP) is 2.99. The molecule has 2 N–H and O–H groups in total. The summed E-state index contributed by atoms with van der Waals surface area (Å²) in [5.41, 5.74) is 7.45. The van der Waals surface area contributed by atoms with Gasteiger partial charge in [0, 0.05) is 15.6 Å². The van der Waals surface area contributed by atoms with Gasteiger partial charge in [-0.25, -0.2) is 0 Å². The van der Waals surface area contributed by atoms with E-state index in [0.29, 0.717) is 5.82 Å². The van der Waals surface area contributed by atoms with E-state index in [4.69, 9.17) is 10.3 Å². The Bertz CT molecular complexity index is 465. The molecule has 72 valence electrons. The summed E-state index contributed by atoms with van der Waals surface area (Å²) in [5.74, 6) is 1.16. The largest absolute Gasteiger partial charge is 0.381 e. The number of nitrogens with two attached hydrogens (primary N) is 1. The lowest BCUT2D eigenvalue weighted by Gasteiger charge is -1.99. The van der Waals surface area contributed by atoms with Crippen molar-refractivity contribution in [3.8, 4) is 11.3 Å². The summed E-state index contributed by atoms with van der Waals surface area (Å²) >= 11 is 3.45. The second kappa shape index (κ2) is 3.46. The van der Waals surface area contributed by atoms with Gasteiger partial charge in [0.2, 0.25) is 0 Å². The van der Waals surface area contributed by atoms with Gasteiger partial charge in [0.25, 0.3) is 0 Å². The summed E-state index contributed by atoms with van der Waals surface area (Å²) in [7, 11) is 0. The smallest absolute Gasteiger partial charge is 0.173 e. The topological polar surface area (TPSA) is 52.0 Å². The van der Waals surface area contributed by atoms with E-state index < -0.39 is 0 Å². The van der Waals surface area contributed by atoms with E-state index in [0.717, 1.165) is 21.4 Å². The van der Waals surface area contributed by atoms with E-state index >= 15 is 0 Å². The molecule has 0 radical (unpaired) electrons. The molecule has 0 atom stereocenters. The Labute approximate surface area is 90.0 Å². The third-order valence-electron chi connectivity index (χ3n) is 2.08. The Morgan fingerprint density at radius 3 is 2.64 bits per heavy atom. The lowest BCUT2D eigenvalue weighted by molar-refractivity contribution is 0.435. The fourth-order valence-corrected chi connectivity index (χ4v) is 1.71. The lowest BCUT2D eigenvalue weighted by atomic mass is 10.1. The van der Waals surface area contributed by atoms with Crippen molar-refractivity contribution in [2.24, 2.45) is 0 Å². The van der Waals surface area contributed by atoms with Gasteiger partial charge < -0.3 is 10.3 Å². The van der Waals surface area contributed by atoms with Crippen LogP contribution in [0.15, 0.2) is 33.3 Å². The molecule has 0 spiro atoms. The molecule has 0 aliphatic rings. The molecule has 14 heavy (non-hydrogen) atoms. The van der Waals surface area contributed by atoms with Crippen LogP contribution in [0.1, 0.15) is 5.56 Å². The fourth-order valence-electron chi connectivity index (χ4n) is 1.24. The van der Waals surface area contributed by atoms with Crippen molar-refractivity contribution in [1.29, 1.82) is 0 Å². The molecule has 0 saturated carbocycles. The van der Waals surface area contributed by atoms with Gasteiger partial charge in [0.05, 0.1) is 0 Å². The first kappa shape index (κ1) is 9.27. The summed E-state index contributed by atoms with van der Waals surface area (Å²) < 4.78 is 6.13. The maximum Gasteiger partial charge on any atom is 0.173 e. The molecule has 0 aliphatic carbocycles. The Morgan fingerprint density at radius 1 is 1.36 bits per heavy atom. The van der Waals surface area contributed by atoms with Crippen molar-refractivity contribution in [1.82, 2.24) is 5.16 Å². The average Bonchev–Trinajstić information content (AvgIpc) is 2.49. The van der Waals surface area contributed by atoms with Crippen LogP contribution in [0.3, 0.4) is 0 Å². The second-order valence-corrected chi connectivity index (χ2v) is 3.86. The van der Waals surface area contributed by atoms with E-state index in [1.807, 2.05) is 31.2 Å². The molecule has 1 aromatic heterocycles. The molecule has 2 aromatic rings. The van der Waals surface area contributed by atoms with Crippen LogP contribution >= 0.6 is 15.9 Å². The highest BCUT2D eigenvalue weighted by Crippen LogP contribution is 2.32. The number of aromatic nitrogens is 1. The first-order valence-corrected chi connectivity index (χ1v) is 4.96. The van der Waals surface area contributed by atoms with Crippen molar-refractivity contribution in [2.75, 3.05) is 5.73 Å². The number of hydrogen-bond donors (Lipinski definition) is 1. The zero-order chi connectivity index (χ0) is 10.1. The van der Waals surface area contributed by atoms with Gasteiger partial charge in [0.1, 0.15) is 0 Å². The number of hydrogen-bond acceptors (Lipinski definition) is 3. The second-order valence-electron chi connectivity index (χ2n) is 3.00. The first-order chi connectivity index (χ1) is 6.70. The van der Waals surface area contributed by atoms with Crippen molar-refractivity contribution in [3.05, 3.63) is 34.3 Å². The molecule has 0 unspecified atom stereocenters. The Kier molecular flexibility index (Phi) is 2.29. The number of benzene rings is 1. The van der Waals surface area contributed by atoms with Gasteiger partial charge >= 0.3 is 0 Å². The molecule has 0 saturated heterocycles. The Balaban J connectivity index is 2.60. The van der Waals surface area contributed by atoms with Crippen molar-refractivity contribution in [2.45, 2.75) is 6.92 Å². The SMILES string of the molecule is Cc1c(N)noc1-c1ccccc1Br. The highest BCUT2D eigenvalue weighted by atomic mass is 79.9. The number of nitrogens with zero attached hydrogens (tertiary/aromatic N) is 1. The monoisotopic (exact) mass is 252 g/mol. The summed E-state index contributed by atoms with van der Waals surface area (Å²) in [6.07, 6.45) is 0. The highest BCUT2D eigenvalue weighted by Gasteiger charge is 2.13. The lowest BCUT2D eigenvalue weighted by Crippen LogP contribution is -1.86. The standard InChI is InChI=1S/C10H9BrN2O/c1-6-9(14-13-10(6)12)7-4-2-3-5-8(7)11/h2-5H,1H3,(H2,12,13). The van der Waals surface area contributed by atoms with E-state index in [9.17, 15) is 0 Å². The molecule has 0 amide bonds. The van der Waals surface area contributed by atoms with Crippen LogP contribution in [-0.4, -0.2) is 5.16 Å². The van der Waals surface area contributed by atoms with Gasteiger partial charge in [0.15, 0.2) is 11.6 Å². The fraction of sp³-hybridized carbons (Fsp3) is 0.100. The van der Waals surface area contributed by atoms with Crippen LogP contribution in [0.2, 0.25) is 0 Å². The summed E-state index contributed by atoms with van der Waals surface area (Å²) in [6, 6.07) is 7.80. The van der Waals surface area contributed by atoms with E-state index in [1.165, 1.54) is 0 Å². The summed E-state index contributed by atoms with van der Waals surface area (Å²) in [6.45, 7) is 1.89. The maximum atomic E-state index is 5.61. The Morgan fingerprint density at radius 2 is 2.07 bits per heavy atom. The van der Waals surface area contributed by atoms with Crippen LogP contribution in [0.5, 0.6) is 0 Å². The van der Waals surface area contributed by atoms with Crippen LogP contribution in [0.4, 0.5) is 5.82 Å². The molecular weight excluding hydrogens is 244 g/mol. The molecule has 0 bridgehead atoms. The third-order valence-corrected chi connectivity index (χ3v) is 2.77. The van der Waals surface area contributed by atoms with Gasteiger partial charge in [-0.1, -0.05) is 33.2 Å². The third kappa shape index (κ3) is 1.42. The van der Waals surface area contributed by atoms with E-state index in [1.54, 1.807) is 0 Å². The zero-order valence-corrected chi connectivity index (χ0v) is 9.21. The van der Waals surface area contributed by atoms with Crippen LogP contribution in [0.25, 0.3) is 11.3 Å². The van der Waals surface area contributed by atoms with Crippen molar-refractivity contribution < 1.29 is 4.52 Å². The van der Waals surface area contributed by atoms with E-state index in [-0.39, 0.29) is 0 Å². The normalized spacial score (nSPS) is 10.4. The first-order valence-electron chi connectivity index (χ1n) is 4.17. The summed E-state index contributed by atoms with van der Waals surface area (Å²) in [5, 5.41) is 3.72. The van der Waals surface area contributed by atoms with Gasteiger partial charge in [-0.05, 0) is 19.1 Å². The number of rotatable bonds is 1. The number of halogens is 1. The minimum absolute atomic E-state index is 0.441. The van der Waals surface area contributed by atoms with Crippen LogP contribution < -0.4 is 5.73 Å². The highest BCUT2D eigenvalue weighted by molar-refractivity contribution is 9.10. The minimum atomic E-state index is 0.441. The van der Waals surface area contributed by atoms with E-state index in [2.05, 4.69) is 21.1 Å².